The Morgan fingerprint density at radius 2 is 1.39 bits per heavy atom. The van der Waals surface area contributed by atoms with Gasteiger partial charge in [-0.05, 0) is 97.9 Å². The van der Waals surface area contributed by atoms with Crippen LogP contribution in [0.4, 0.5) is 5.69 Å². The summed E-state index contributed by atoms with van der Waals surface area (Å²) in [6.07, 6.45) is 5.76. The summed E-state index contributed by atoms with van der Waals surface area (Å²) in [4.78, 5) is 13.5. The van der Waals surface area contributed by atoms with Crippen molar-refractivity contribution in [3.63, 3.8) is 0 Å². The third kappa shape index (κ3) is 5.46. The van der Waals surface area contributed by atoms with Crippen molar-refractivity contribution >= 4 is 49.2 Å². The van der Waals surface area contributed by atoms with E-state index in [0.29, 0.717) is 11.3 Å². The van der Waals surface area contributed by atoms with E-state index in [2.05, 4.69) is 151 Å². The minimum Gasteiger partial charge on any atom is -0.457 e. The standard InChI is InChI=1S/C51H36N4O/c1-51(2,3)43-29-33(32-13-6-5-7-14-32)20-23-45(43)55-26-25-54-50(55)42-31-41-40(34-16-12-17-36(27-34)44-19-10-11-24-53-44)28-35-15-8-9-18-38(35)47(41)48-39-22-21-37(52-4)30-46(39)56-49(42)48/h5-31H,1-3H3. The van der Waals surface area contributed by atoms with Crippen LogP contribution < -0.4 is 0 Å². The molecule has 5 nitrogen and oxygen atoms in total. The van der Waals surface area contributed by atoms with E-state index in [1.54, 1.807) is 0 Å². The van der Waals surface area contributed by atoms with E-state index in [1.807, 2.05) is 48.8 Å². The summed E-state index contributed by atoms with van der Waals surface area (Å²) in [7, 11) is 0. The predicted octanol–water partition coefficient (Wildman–Crippen LogP) is 14.0. The summed E-state index contributed by atoms with van der Waals surface area (Å²) >= 11 is 0. The van der Waals surface area contributed by atoms with E-state index in [4.69, 9.17) is 16.0 Å². The van der Waals surface area contributed by atoms with Gasteiger partial charge in [0.05, 0.1) is 23.5 Å². The van der Waals surface area contributed by atoms with Gasteiger partial charge >= 0.3 is 0 Å². The smallest absolute Gasteiger partial charge is 0.190 e. The van der Waals surface area contributed by atoms with Crippen molar-refractivity contribution in [2.75, 3.05) is 0 Å². The van der Waals surface area contributed by atoms with Gasteiger partial charge < -0.3 is 4.42 Å². The van der Waals surface area contributed by atoms with Crippen LogP contribution in [0.2, 0.25) is 0 Å². The Morgan fingerprint density at radius 3 is 2.21 bits per heavy atom. The molecule has 0 atom stereocenters. The Kier molecular flexibility index (Phi) is 7.69. The number of aromatic nitrogens is 3. The maximum atomic E-state index is 7.78. The van der Waals surface area contributed by atoms with E-state index in [-0.39, 0.29) is 5.41 Å². The van der Waals surface area contributed by atoms with Crippen LogP contribution in [0.1, 0.15) is 26.3 Å². The quantitative estimate of drug-likeness (QED) is 0.131. The summed E-state index contributed by atoms with van der Waals surface area (Å²) in [5.41, 5.74) is 11.5. The predicted molar refractivity (Wildman–Crippen MR) is 230 cm³/mol. The molecule has 0 aliphatic heterocycles. The van der Waals surface area contributed by atoms with E-state index in [9.17, 15) is 0 Å². The Labute approximate surface area is 325 Å². The molecule has 0 amide bonds. The van der Waals surface area contributed by atoms with Crippen molar-refractivity contribution in [3.05, 3.63) is 181 Å². The van der Waals surface area contributed by atoms with E-state index >= 15 is 0 Å². The third-order valence-corrected chi connectivity index (χ3v) is 10.9. The van der Waals surface area contributed by atoms with Gasteiger partial charge in [-0.1, -0.05) is 118 Å². The lowest BCUT2D eigenvalue weighted by molar-refractivity contribution is 0.586. The fraction of sp³-hybridized carbons (Fsp3) is 0.0784. The molecule has 10 aromatic rings. The molecular formula is C51H36N4O. The third-order valence-electron chi connectivity index (χ3n) is 10.9. The first-order valence-corrected chi connectivity index (χ1v) is 18.8. The molecule has 10 rings (SSSR count). The lowest BCUT2D eigenvalue weighted by Crippen LogP contribution is -2.15. The summed E-state index contributed by atoms with van der Waals surface area (Å²) in [5.74, 6) is 0.778. The van der Waals surface area contributed by atoms with E-state index in [1.165, 1.54) is 16.7 Å². The second-order valence-electron chi connectivity index (χ2n) is 15.4. The molecule has 3 aromatic heterocycles. The molecule has 0 N–H and O–H groups in total. The Morgan fingerprint density at radius 1 is 0.589 bits per heavy atom. The number of imidazole rings is 1. The van der Waals surface area contributed by atoms with Gasteiger partial charge in [-0.25, -0.2) is 9.83 Å². The molecule has 0 radical (unpaired) electrons. The first kappa shape index (κ1) is 33.3. The highest BCUT2D eigenvalue weighted by molar-refractivity contribution is 6.31. The number of furan rings is 1. The first-order valence-electron chi connectivity index (χ1n) is 18.8. The summed E-state index contributed by atoms with van der Waals surface area (Å²) in [6, 6.07) is 50.8. The molecule has 56 heavy (non-hydrogen) atoms. The number of rotatable bonds is 5. The van der Waals surface area contributed by atoms with Crippen molar-refractivity contribution in [1.82, 2.24) is 14.5 Å². The lowest BCUT2D eigenvalue weighted by Gasteiger charge is -2.25. The van der Waals surface area contributed by atoms with Gasteiger partial charge in [0.15, 0.2) is 5.69 Å². The molecule has 0 spiro atoms. The molecular weight excluding hydrogens is 685 g/mol. The molecule has 0 aliphatic carbocycles. The molecule has 3 heterocycles. The second-order valence-corrected chi connectivity index (χ2v) is 15.4. The molecule has 0 saturated carbocycles. The largest absolute Gasteiger partial charge is 0.457 e. The van der Waals surface area contributed by atoms with Crippen molar-refractivity contribution in [2.45, 2.75) is 26.2 Å². The summed E-state index contributed by atoms with van der Waals surface area (Å²) in [5, 5.41) is 6.43. The minimum atomic E-state index is -0.166. The van der Waals surface area contributed by atoms with Crippen LogP contribution in [0.25, 0.3) is 98.9 Å². The Balaban J connectivity index is 1.30. The van der Waals surface area contributed by atoms with Crippen LogP contribution in [0.5, 0.6) is 0 Å². The van der Waals surface area contributed by atoms with Crippen LogP contribution in [0, 0.1) is 6.57 Å². The van der Waals surface area contributed by atoms with E-state index < -0.39 is 0 Å². The molecule has 7 aromatic carbocycles. The fourth-order valence-corrected chi connectivity index (χ4v) is 8.22. The summed E-state index contributed by atoms with van der Waals surface area (Å²) < 4.78 is 9.09. The summed E-state index contributed by atoms with van der Waals surface area (Å²) in [6.45, 7) is 14.6. The molecule has 0 unspecified atom stereocenters. The Hall–Kier alpha value is -7.29. The van der Waals surface area contributed by atoms with Crippen LogP contribution in [-0.2, 0) is 5.41 Å². The zero-order valence-corrected chi connectivity index (χ0v) is 31.3. The molecule has 0 saturated heterocycles. The van der Waals surface area contributed by atoms with Crippen molar-refractivity contribution in [2.24, 2.45) is 0 Å². The van der Waals surface area contributed by atoms with Crippen molar-refractivity contribution in [1.29, 1.82) is 0 Å². The van der Waals surface area contributed by atoms with Gasteiger partial charge in [0.2, 0.25) is 0 Å². The van der Waals surface area contributed by atoms with Crippen LogP contribution in [0.15, 0.2) is 169 Å². The van der Waals surface area contributed by atoms with Crippen LogP contribution >= 0.6 is 0 Å². The highest BCUT2D eigenvalue weighted by atomic mass is 16.3. The van der Waals surface area contributed by atoms with Crippen molar-refractivity contribution < 1.29 is 4.42 Å². The van der Waals surface area contributed by atoms with Gasteiger partial charge in [0.25, 0.3) is 0 Å². The van der Waals surface area contributed by atoms with Crippen LogP contribution in [-0.4, -0.2) is 14.5 Å². The lowest BCUT2D eigenvalue weighted by atomic mass is 9.84. The average molecular weight is 721 g/mol. The number of nitrogens with zero attached hydrogens (tertiary/aromatic N) is 4. The molecule has 266 valence electrons. The maximum Gasteiger partial charge on any atom is 0.190 e. The Bertz CT molecular complexity index is 3180. The highest BCUT2D eigenvalue weighted by Gasteiger charge is 2.26. The molecule has 0 aliphatic rings. The maximum absolute atomic E-state index is 7.78. The molecule has 0 bridgehead atoms. The first-order chi connectivity index (χ1) is 27.4. The average Bonchev–Trinajstić information content (AvgIpc) is 3.88. The normalized spacial score (nSPS) is 11.8. The van der Waals surface area contributed by atoms with Gasteiger partial charge in [0, 0.05) is 40.3 Å². The number of pyridine rings is 1. The topological polar surface area (TPSA) is 48.2 Å². The van der Waals surface area contributed by atoms with Gasteiger partial charge in [-0.2, -0.15) is 0 Å². The van der Waals surface area contributed by atoms with E-state index in [0.717, 1.165) is 77.4 Å². The number of benzene rings is 7. The zero-order valence-electron chi connectivity index (χ0n) is 31.3. The zero-order chi connectivity index (χ0) is 38.0. The van der Waals surface area contributed by atoms with Crippen LogP contribution in [0.3, 0.4) is 0 Å². The minimum absolute atomic E-state index is 0.166. The molecule has 0 fully saturated rings. The number of fused-ring (bicyclic) bond motifs is 7. The fourth-order valence-electron chi connectivity index (χ4n) is 8.22. The number of hydrogen-bond acceptors (Lipinski definition) is 3. The second kappa shape index (κ2) is 12.9. The van der Waals surface area contributed by atoms with Gasteiger partial charge in [0.1, 0.15) is 17.0 Å². The van der Waals surface area contributed by atoms with Gasteiger partial charge in [-0.3, -0.25) is 9.55 Å². The number of hydrogen-bond donors (Lipinski definition) is 0. The van der Waals surface area contributed by atoms with Gasteiger partial charge in [-0.15, -0.1) is 0 Å². The molecule has 5 heteroatoms. The SMILES string of the molecule is [C-]#[N+]c1ccc2c(c1)oc1c(-c3nccn3-c3ccc(-c4ccccc4)cc3C(C)(C)C)cc3c(-c4cccc(-c5ccccn5)c4)cc4ccccc4c3c12. The van der Waals surface area contributed by atoms with Crippen molar-refractivity contribution in [3.8, 4) is 50.6 Å². The monoisotopic (exact) mass is 720 g/mol. The highest BCUT2D eigenvalue weighted by Crippen LogP contribution is 2.47.